The summed E-state index contributed by atoms with van der Waals surface area (Å²) in [6.07, 6.45) is 2.35. The lowest BCUT2D eigenvalue weighted by Crippen LogP contribution is -2.41. The van der Waals surface area contributed by atoms with Gasteiger partial charge >= 0.3 is 11.9 Å². The molecule has 0 aromatic heterocycles. The Hall–Kier alpha value is -1.82. The van der Waals surface area contributed by atoms with Crippen LogP contribution in [0.15, 0.2) is 28.2 Å². The molecule has 0 radical (unpaired) electrons. The quantitative estimate of drug-likeness (QED) is 0.426. The van der Waals surface area contributed by atoms with E-state index in [0.717, 1.165) is 10.9 Å². The van der Waals surface area contributed by atoms with Crippen molar-refractivity contribution in [2.75, 3.05) is 6.61 Å². The first-order valence-electron chi connectivity index (χ1n) is 7.78. The number of cyclic esters (lactones) is 2. The lowest BCUT2D eigenvalue weighted by molar-refractivity contribution is -0.222. The second-order valence-corrected chi connectivity index (χ2v) is 7.37. The molecule has 130 valence electrons. The molecule has 1 fully saturated rings. The van der Waals surface area contributed by atoms with Crippen LogP contribution in [-0.2, 0) is 19.1 Å². The number of halogens is 1. The average Bonchev–Trinajstić information content (AvgIpc) is 2.43. The van der Waals surface area contributed by atoms with E-state index in [4.69, 9.17) is 14.2 Å². The van der Waals surface area contributed by atoms with Crippen molar-refractivity contribution in [1.82, 2.24) is 0 Å². The van der Waals surface area contributed by atoms with E-state index in [1.807, 2.05) is 6.07 Å². The van der Waals surface area contributed by atoms with Crippen LogP contribution in [0.3, 0.4) is 0 Å². The highest BCUT2D eigenvalue weighted by atomic mass is 79.9. The second kappa shape index (κ2) is 7.38. The molecule has 1 aromatic carbocycles. The predicted molar refractivity (Wildman–Crippen MR) is 93.3 cm³/mol. The third-order valence-corrected chi connectivity index (χ3v) is 3.83. The van der Waals surface area contributed by atoms with Crippen molar-refractivity contribution in [3.05, 3.63) is 33.8 Å². The van der Waals surface area contributed by atoms with Gasteiger partial charge < -0.3 is 14.2 Å². The Balaban J connectivity index is 2.29. The molecule has 0 unspecified atom stereocenters. The SMILES string of the molecule is CC(C)CCOc1ccc(Br)cc1C=C1C(=O)OC(C)(C)OC1=O. The Labute approximate surface area is 150 Å². The predicted octanol–water partition coefficient (Wildman–Crippen LogP) is 4.09. The minimum atomic E-state index is -1.25. The third-order valence-electron chi connectivity index (χ3n) is 3.34. The minimum absolute atomic E-state index is 0.152. The standard InChI is InChI=1S/C18H21BrO5/c1-11(2)7-8-22-15-6-5-13(19)9-12(15)10-14-16(20)23-18(3,4)24-17(14)21/h5-6,9-11H,7-8H2,1-4H3. The molecule has 1 aliphatic rings. The number of benzene rings is 1. The summed E-state index contributed by atoms with van der Waals surface area (Å²) in [4.78, 5) is 24.2. The van der Waals surface area contributed by atoms with E-state index >= 15 is 0 Å². The zero-order chi connectivity index (χ0) is 17.9. The first kappa shape index (κ1) is 18.5. The maximum atomic E-state index is 12.1. The molecule has 6 heteroatoms. The van der Waals surface area contributed by atoms with Gasteiger partial charge in [-0.3, -0.25) is 0 Å². The van der Waals surface area contributed by atoms with Gasteiger partial charge in [-0.2, -0.15) is 0 Å². The fourth-order valence-electron chi connectivity index (χ4n) is 2.10. The Bertz CT molecular complexity index is 654. The Morgan fingerprint density at radius 3 is 2.42 bits per heavy atom. The van der Waals surface area contributed by atoms with E-state index in [0.29, 0.717) is 23.8 Å². The van der Waals surface area contributed by atoms with Crippen LogP contribution in [0.1, 0.15) is 39.7 Å². The van der Waals surface area contributed by atoms with Crippen molar-refractivity contribution in [2.24, 2.45) is 5.92 Å². The summed E-state index contributed by atoms with van der Waals surface area (Å²) in [6, 6.07) is 5.41. The van der Waals surface area contributed by atoms with E-state index in [1.54, 1.807) is 12.1 Å². The molecule has 1 saturated heterocycles. The van der Waals surface area contributed by atoms with Crippen molar-refractivity contribution in [3.8, 4) is 5.75 Å². The van der Waals surface area contributed by atoms with Crippen LogP contribution in [0.25, 0.3) is 6.08 Å². The summed E-state index contributed by atoms with van der Waals surface area (Å²) in [5.74, 6) is -1.54. The number of hydrogen-bond donors (Lipinski definition) is 0. The number of rotatable bonds is 5. The van der Waals surface area contributed by atoms with Crippen molar-refractivity contribution < 1.29 is 23.8 Å². The summed E-state index contributed by atoms with van der Waals surface area (Å²) in [5.41, 5.74) is 0.456. The first-order chi connectivity index (χ1) is 11.2. The molecule has 1 heterocycles. The zero-order valence-corrected chi connectivity index (χ0v) is 15.8. The van der Waals surface area contributed by atoms with E-state index in [-0.39, 0.29) is 5.57 Å². The van der Waals surface area contributed by atoms with Gasteiger partial charge in [-0.1, -0.05) is 29.8 Å². The molecule has 24 heavy (non-hydrogen) atoms. The number of carbonyl (C=O) groups is 2. The average molecular weight is 397 g/mol. The van der Waals surface area contributed by atoms with Crippen molar-refractivity contribution in [2.45, 2.75) is 39.9 Å². The minimum Gasteiger partial charge on any atom is -0.493 e. The van der Waals surface area contributed by atoms with Crippen LogP contribution in [0.5, 0.6) is 5.75 Å². The van der Waals surface area contributed by atoms with E-state index in [2.05, 4.69) is 29.8 Å². The van der Waals surface area contributed by atoms with Crippen LogP contribution in [0.2, 0.25) is 0 Å². The van der Waals surface area contributed by atoms with Gasteiger partial charge in [-0.25, -0.2) is 9.59 Å². The van der Waals surface area contributed by atoms with Gasteiger partial charge in [0, 0.05) is 23.9 Å². The molecule has 0 amide bonds. The fraction of sp³-hybridized carbons (Fsp3) is 0.444. The van der Waals surface area contributed by atoms with Crippen LogP contribution in [0, 0.1) is 5.92 Å². The summed E-state index contributed by atoms with van der Waals surface area (Å²) in [6.45, 7) is 7.81. The number of ether oxygens (including phenoxy) is 3. The van der Waals surface area contributed by atoms with Gasteiger partial charge in [-0.15, -0.1) is 0 Å². The van der Waals surface area contributed by atoms with Gasteiger partial charge in [0.05, 0.1) is 6.61 Å². The normalized spacial score (nSPS) is 16.7. The van der Waals surface area contributed by atoms with Gasteiger partial charge in [0.2, 0.25) is 0 Å². The van der Waals surface area contributed by atoms with Gasteiger partial charge in [-0.05, 0) is 36.6 Å². The third kappa shape index (κ3) is 4.84. The van der Waals surface area contributed by atoms with Crippen LogP contribution >= 0.6 is 15.9 Å². The topological polar surface area (TPSA) is 61.8 Å². The monoisotopic (exact) mass is 396 g/mol. The van der Waals surface area contributed by atoms with Crippen molar-refractivity contribution in [3.63, 3.8) is 0 Å². The molecule has 0 bridgehead atoms. The van der Waals surface area contributed by atoms with Crippen molar-refractivity contribution in [1.29, 1.82) is 0 Å². The Kier molecular flexibility index (Phi) is 5.70. The van der Waals surface area contributed by atoms with Crippen LogP contribution in [-0.4, -0.2) is 24.3 Å². The highest BCUT2D eigenvalue weighted by molar-refractivity contribution is 9.10. The molecular formula is C18H21BrO5. The van der Waals surface area contributed by atoms with E-state index < -0.39 is 17.7 Å². The number of esters is 2. The summed E-state index contributed by atoms with van der Waals surface area (Å²) in [7, 11) is 0. The summed E-state index contributed by atoms with van der Waals surface area (Å²) in [5, 5.41) is 0. The Morgan fingerprint density at radius 1 is 1.21 bits per heavy atom. The maximum absolute atomic E-state index is 12.1. The van der Waals surface area contributed by atoms with E-state index in [9.17, 15) is 9.59 Å². The smallest absolute Gasteiger partial charge is 0.348 e. The highest BCUT2D eigenvalue weighted by Crippen LogP contribution is 2.29. The fourth-order valence-corrected chi connectivity index (χ4v) is 2.48. The molecule has 0 aliphatic carbocycles. The summed E-state index contributed by atoms with van der Waals surface area (Å²) >= 11 is 3.38. The lowest BCUT2D eigenvalue weighted by Gasteiger charge is -2.29. The van der Waals surface area contributed by atoms with Gasteiger partial charge in [0.15, 0.2) is 0 Å². The second-order valence-electron chi connectivity index (χ2n) is 6.45. The number of hydrogen-bond acceptors (Lipinski definition) is 5. The molecule has 0 N–H and O–H groups in total. The summed E-state index contributed by atoms with van der Waals surface area (Å²) < 4.78 is 16.8. The van der Waals surface area contributed by atoms with E-state index in [1.165, 1.54) is 19.9 Å². The van der Waals surface area contributed by atoms with Gasteiger partial charge in [0.1, 0.15) is 11.3 Å². The molecular weight excluding hydrogens is 376 g/mol. The maximum Gasteiger partial charge on any atom is 0.348 e. The molecule has 1 aliphatic heterocycles. The molecule has 5 nitrogen and oxygen atoms in total. The number of carbonyl (C=O) groups excluding carboxylic acids is 2. The van der Waals surface area contributed by atoms with Crippen molar-refractivity contribution >= 4 is 33.9 Å². The Morgan fingerprint density at radius 2 is 1.83 bits per heavy atom. The van der Waals surface area contributed by atoms with Gasteiger partial charge in [0.25, 0.3) is 5.79 Å². The van der Waals surface area contributed by atoms with Crippen LogP contribution in [0.4, 0.5) is 0 Å². The molecule has 2 rings (SSSR count). The zero-order valence-electron chi connectivity index (χ0n) is 14.2. The highest BCUT2D eigenvalue weighted by Gasteiger charge is 2.39. The molecule has 0 saturated carbocycles. The molecule has 0 spiro atoms. The molecule has 1 aromatic rings. The molecule has 0 atom stereocenters. The first-order valence-corrected chi connectivity index (χ1v) is 8.58. The largest absolute Gasteiger partial charge is 0.493 e. The van der Waals surface area contributed by atoms with Crippen LogP contribution < -0.4 is 4.74 Å². The lowest BCUT2D eigenvalue weighted by atomic mass is 10.1.